The van der Waals surface area contributed by atoms with Crippen molar-refractivity contribution in [2.24, 2.45) is 5.92 Å². The van der Waals surface area contributed by atoms with E-state index >= 15 is 0 Å². The van der Waals surface area contributed by atoms with Crippen LogP contribution < -0.4 is 10.6 Å². The van der Waals surface area contributed by atoms with Crippen LogP contribution in [0.1, 0.15) is 73.1 Å². The highest BCUT2D eigenvalue weighted by molar-refractivity contribution is 6.23. The van der Waals surface area contributed by atoms with Gasteiger partial charge in [-0.05, 0) is 79.0 Å². The number of nitrogens with zero attached hydrogens (tertiary/aromatic N) is 1. The summed E-state index contributed by atoms with van der Waals surface area (Å²) in [6.07, 6.45) is 6.97. The maximum absolute atomic E-state index is 13.4. The molecule has 2 aliphatic carbocycles. The van der Waals surface area contributed by atoms with Crippen LogP contribution in [0.5, 0.6) is 0 Å². The van der Waals surface area contributed by atoms with Crippen molar-refractivity contribution in [2.45, 2.75) is 70.2 Å². The molecule has 9 heteroatoms. The molecule has 1 aliphatic heterocycles. The van der Waals surface area contributed by atoms with Gasteiger partial charge in [-0.25, -0.2) is 0 Å². The average molecular weight is 546 g/mol. The Labute approximate surface area is 232 Å². The van der Waals surface area contributed by atoms with Crippen LogP contribution in [0, 0.1) is 5.92 Å². The normalized spacial score (nSPS) is 21.6. The molecule has 0 spiro atoms. The van der Waals surface area contributed by atoms with Gasteiger partial charge in [-0.2, -0.15) is 0 Å². The van der Waals surface area contributed by atoms with Gasteiger partial charge in [-0.15, -0.1) is 0 Å². The van der Waals surface area contributed by atoms with Gasteiger partial charge in [0.2, 0.25) is 5.91 Å². The summed E-state index contributed by atoms with van der Waals surface area (Å²) < 4.78 is 0. The number of benzene rings is 2. The summed E-state index contributed by atoms with van der Waals surface area (Å²) in [5.41, 5.74) is 0.973. The standard InChI is InChI=1S/C31H35N3O6/c1-18(2)15-26(27(35)33-31(40)13-6-10-19-9-5-11-24(19)31)32-25(30(38)39)12-14-34-28(36)22-16-20-7-3-4-8-21(20)17-23(22)29(34)37/h3-4,6-8,13,16-18,25-26,32,40H,5,9-12,14-15H2,1-2H3,(H,33,35)(H,38,39)/t25-,26+,31+/m1/s1. The molecule has 4 N–H and O–H groups in total. The second-order valence-corrected chi connectivity index (χ2v) is 11.3. The Morgan fingerprint density at radius 3 is 2.27 bits per heavy atom. The highest BCUT2D eigenvalue weighted by atomic mass is 16.4. The summed E-state index contributed by atoms with van der Waals surface area (Å²) >= 11 is 0. The third kappa shape index (κ3) is 5.31. The largest absolute Gasteiger partial charge is 0.480 e. The van der Waals surface area contributed by atoms with Crippen molar-refractivity contribution in [1.29, 1.82) is 0 Å². The zero-order valence-electron chi connectivity index (χ0n) is 22.8. The number of nitrogens with one attached hydrogen (secondary N) is 2. The molecule has 1 heterocycles. The van der Waals surface area contributed by atoms with Crippen molar-refractivity contribution in [3.05, 3.63) is 70.8 Å². The molecule has 2 aromatic carbocycles. The third-order valence-corrected chi connectivity index (χ3v) is 8.03. The van der Waals surface area contributed by atoms with Gasteiger partial charge in [0.1, 0.15) is 6.04 Å². The minimum atomic E-state index is -1.58. The van der Waals surface area contributed by atoms with Crippen LogP contribution in [0.15, 0.2) is 59.7 Å². The zero-order chi connectivity index (χ0) is 28.6. The van der Waals surface area contributed by atoms with Crippen LogP contribution in [-0.4, -0.2) is 63.2 Å². The molecular weight excluding hydrogens is 510 g/mol. The fourth-order valence-corrected chi connectivity index (χ4v) is 6.04. The van der Waals surface area contributed by atoms with Gasteiger partial charge in [-0.3, -0.25) is 29.4 Å². The number of aliphatic hydroxyl groups is 1. The van der Waals surface area contributed by atoms with Crippen molar-refractivity contribution >= 4 is 34.5 Å². The molecule has 0 bridgehead atoms. The summed E-state index contributed by atoms with van der Waals surface area (Å²) in [6, 6.07) is 8.72. The van der Waals surface area contributed by atoms with Gasteiger partial charge < -0.3 is 15.5 Å². The molecule has 3 atom stereocenters. The highest BCUT2D eigenvalue weighted by Gasteiger charge is 2.40. The molecule has 210 valence electrons. The second-order valence-electron chi connectivity index (χ2n) is 11.3. The molecule has 0 radical (unpaired) electrons. The topological polar surface area (TPSA) is 136 Å². The van der Waals surface area contributed by atoms with Gasteiger partial charge in [0, 0.05) is 6.54 Å². The quantitative estimate of drug-likeness (QED) is 0.204. The van der Waals surface area contributed by atoms with Crippen molar-refractivity contribution in [3.63, 3.8) is 0 Å². The first kappa shape index (κ1) is 27.7. The van der Waals surface area contributed by atoms with E-state index in [1.54, 1.807) is 18.2 Å². The van der Waals surface area contributed by atoms with Gasteiger partial charge >= 0.3 is 5.97 Å². The summed E-state index contributed by atoms with van der Waals surface area (Å²) in [6.45, 7) is 3.73. The van der Waals surface area contributed by atoms with E-state index in [0.717, 1.165) is 46.1 Å². The number of hydrogen-bond acceptors (Lipinski definition) is 6. The van der Waals surface area contributed by atoms with Crippen LogP contribution in [0.25, 0.3) is 10.8 Å². The lowest BCUT2D eigenvalue weighted by molar-refractivity contribution is -0.140. The summed E-state index contributed by atoms with van der Waals surface area (Å²) in [7, 11) is 0. The predicted molar refractivity (Wildman–Crippen MR) is 149 cm³/mol. The number of fused-ring (bicyclic) bond motifs is 2. The maximum atomic E-state index is 13.4. The molecule has 40 heavy (non-hydrogen) atoms. The van der Waals surface area contributed by atoms with Gasteiger partial charge in [0.15, 0.2) is 5.72 Å². The number of carbonyl (C=O) groups is 4. The van der Waals surface area contributed by atoms with Crippen molar-refractivity contribution in [3.8, 4) is 0 Å². The third-order valence-electron chi connectivity index (χ3n) is 8.03. The van der Waals surface area contributed by atoms with E-state index in [4.69, 9.17) is 0 Å². The van der Waals surface area contributed by atoms with Crippen molar-refractivity contribution < 1.29 is 29.4 Å². The number of imide groups is 1. The Kier molecular flexibility index (Phi) is 7.61. The van der Waals surface area contributed by atoms with Crippen LogP contribution in [0.4, 0.5) is 0 Å². The smallest absolute Gasteiger partial charge is 0.320 e. The molecule has 3 aliphatic rings. The molecule has 0 aromatic heterocycles. The van der Waals surface area contributed by atoms with Crippen LogP contribution in [0.2, 0.25) is 0 Å². The van der Waals surface area contributed by atoms with E-state index in [1.807, 2.05) is 44.2 Å². The molecule has 2 aromatic rings. The van der Waals surface area contributed by atoms with Gasteiger partial charge in [-0.1, -0.05) is 49.8 Å². The van der Waals surface area contributed by atoms with Crippen LogP contribution in [-0.2, 0) is 9.59 Å². The highest BCUT2D eigenvalue weighted by Crippen LogP contribution is 2.38. The lowest BCUT2D eigenvalue weighted by atomic mass is 9.91. The van der Waals surface area contributed by atoms with E-state index in [9.17, 15) is 29.4 Å². The molecule has 0 saturated heterocycles. The van der Waals surface area contributed by atoms with E-state index in [0.29, 0.717) is 24.0 Å². The first-order chi connectivity index (χ1) is 19.1. The van der Waals surface area contributed by atoms with E-state index in [2.05, 4.69) is 10.6 Å². The molecule has 0 fully saturated rings. The maximum Gasteiger partial charge on any atom is 0.320 e. The Balaban J connectivity index is 1.29. The SMILES string of the molecule is CC(C)C[C@H](N[C@H](CCN1C(=O)c2cc3ccccc3cc2C1=O)C(=O)O)C(=O)N[C@]1(O)C=CCC2=C1CCC2. The molecule has 0 saturated carbocycles. The van der Waals surface area contributed by atoms with Gasteiger partial charge in [0.05, 0.1) is 17.2 Å². The number of carbonyl (C=O) groups excluding carboxylic acids is 3. The number of aliphatic carboxylic acids is 1. The van der Waals surface area contributed by atoms with Crippen LogP contribution >= 0.6 is 0 Å². The number of carboxylic acids is 1. The monoisotopic (exact) mass is 545 g/mol. The van der Waals surface area contributed by atoms with E-state index in [-0.39, 0.29) is 18.9 Å². The Bertz CT molecular complexity index is 1390. The first-order valence-corrected chi connectivity index (χ1v) is 13.9. The fourth-order valence-electron chi connectivity index (χ4n) is 6.04. The Hall–Kier alpha value is -3.82. The lowest BCUT2D eigenvalue weighted by Crippen LogP contribution is -2.58. The number of rotatable bonds is 10. The molecule has 5 rings (SSSR count). The van der Waals surface area contributed by atoms with Crippen molar-refractivity contribution in [1.82, 2.24) is 15.5 Å². The zero-order valence-corrected chi connectivity index (χ0v) is 22.8. The summed E-state index contributed by atoms with van der Waals surface area (Å²) in [4.78, 5) is 52.9. The summed E-state index contributed by atoms with van der Waals surface area (Å²) in [5.74, 6) is -2.56. The lowest BCUT2D eigenvalue weighted by Gasteiger charge is -2.34. The minimum Gasteiger partial charge on any atom is -0.480 e. The molecular formula is C31H35N3O6. The van der Waals surface area contributed by atoms with Crippen molar-refractivity contribution in [2.75, 3.05) is 6.54 Å². The average Bonchev–Trinajstić information content (AvgIpc) is 3.48. The fraction of sp³-hybridized carbons (Fsp3) is 0.419. The number of allylic oxidation sites excluding steroid dienone is 2. The number of amides is 3. The Morgan fingerprint density at radius 2 is 1.68 bits per heavy atom. The predicted octanol–water partition coefficient (Wildman–Crippen LogP) is 3.53. The molecule has 0 unspecified atom stereocenters. The van der Waals surface area contributed by atoms with E-state index in [1.165, 1.54) is 0 Å². The second kappa shape index (κ2) is 11.0. The Morgan fingerprint density at radius 1 is 1.02 bits per heavy atom. The summed E-state index contributed by atoms with van der Waals surface area (Å²) in [5, 5.41) is 28.7. The molecule has 3 amide bonds. The number of carboxylic acid groups (broad SMARTS) is 1. The van der Waals surface area contributed by atoms with Gasteiger partial charge in [0.25, 0.3) is 11.8 Å². The first-order valence-electron chi connectivity index (χ1n) is 13.9. The molecule has 9 nitrogen and oxygen atoms in total. The van der Waals surface area contributed by atoms with Crippen LogP contribution in [0.3, 0.4) is 0 Å². The van der Waals surface area contributed by atoms with E-state index < -0.39 is 41.5 Å². The minimum absolute atomic E-state index is 0.0564. The number of hydrogen-bond donors (Lipinski definition) is 4.